The third-order valence-electron chi connectivity index (χ3n) is 5.49. The van der Waals surface area contributed by atoms with E-state index in [2.05, 4.69) is 5.32 Å². The highest BCUT2D eigenvalue weighted by Gasteiger charge is 2.44. The predicted molar refractivity (Wildman–Crippen MR) is 110 cm³/mol. The van der Waals surface area contributed by atoms with Crippen LogP contribution < -0.4 is 5.32 Å². The number of halogens is 1. The molecule has 2 aliphatic rings. The highest BCUT2D eigenvalue weighted by molar-refractivity contribution is 7.89. The van der Waals surface area contributed by atoms with Crippen LogP contribution >= 0.6 is 11.6 Å². The molecule has 1 amide bonds. The molecular formula is C20H27ClN2O6S. The Balaban J connectivity index is 1.61. The van der Waals surface area contributed by atoms with Gasteiger partial charge in [0.05, 0.1) is 11.0 Å². The van der Waals surface area contributed by atoms with Crippen LogP contribution in [0.5, 0.6) is 0 Å². The van der Waals surface area contributed by atoms with Gasteiger partial charge in [-0.2, -0.15) is 4.31 Å². The van der Waals surface area contributed by atoms with E-state index >= 15 is 0 Å². The molecule has 0 spiro atoms. The first-order chi connectivity index (χ1) is 14.3. The van der Waals surface area contributed by atoms with E-state index in [4.69, 9.17) is 16.3 Å². The summed E-state index contributed by atoms with van der Waals surface area (Å²) in [5, 5.41) is 13.2. The summed E-state index contributed by atoms with van der Waals surface area (Å²) in [4.78, 5) is 24.7. The molecule has 1 aliphatic carbocycles. The zero-order valence-corrected chi connectivity index (χ0v) is 18.2. The van der Waals surface area contributed by atoms with Gasteiger partial charge in [0, 0.05) is 24.0 Å². The summed E-state index contributed by atoms with van der Waals surface area (Å²) in [5.41, 5.74) is 0. The lowest BCUT2D eigenvalue weighted by Gasteiger charge is -2.22. The molecule has 2 atom stereocenters. The van der Waals surface area contributed by atoms with Gasteiger partial charge < -0.3 is 15.2 Å². The molecular weight excluding hydrogens is 432 g/mol. The highest BCUT2D eigenvalue weighted by Crippen LogP contribution is 2.28. The number of aliphatic hydroxyl groups is 1. The van der Waals surface area contributed by atoms with E-state index in [1.54, 1.807) is 0 Å². The molecule has 0 bridgehead atoms. The van der Waals surface area contributed by atoms with E-state index in [0.717, 1.165) is 42.8 Å². The van der Waals surface area contributed by atoms with E-state index in [1.807, 2.05) is 0 Å². The number of amides is 1. The average Bonchev–Trinajstić information content (AvgIpc) is 2.93. The van der Waals surface area contributed by atoms with Crippen molar-refractivity contribution in [2.45, 2.75) is 68.0 Å². The average molecular weight is 459 g/mol. The normalized spacial score (nSPS) is 23.7. The molecule has 10 heteroatoms. The van der Waals surface area contributed by atoms with Crippen molar-refractivity contribution in [3.05, 3.63) is 29.3 Å². The van der Waals surface area contributed by atoms with Crippen LogP contribution in [-0.2, 0) is 24.3 Å². The third kappa shape index (κ3) is 5.72. The summed E-state index contributed by atoms with van der Waals surface area (Å²) in [5.74, 6) is -1.25. The monoisotopic (exact) mass is 458 g/mol. The van der Waals surface area contributed by atoms with E-state index in [9.17, 15) is 23.1 Å². The summed E-state index contributed by atoms with van der Waals surface area (Å²) >= 11 is 5.81. The quantitative estimate of drug-likeness (QED) is 0.496. The minimum Gasteiger partial charge on any atom is -0.454 e. The summed E-state index contributed by atoms with van der Waals surface area (Å²) in [6.07, 6.45) is 5.15. The van der Waals surface area contributed by atoms with Gasteiger partial charge in [0.1, 0.15) is 6.04 Å². The van der Waals surface area contributed by atoms with E-state index < -0.39 is 40.7 Å². The van der Waals surface area contributed by atoms with Gasteiger partial charge in [0.25, 0.3) is 5.91 Å². The molecule has 2 N–H and O–H groups in total. The van der Waals surface area contributed by atoms with Gasteiger partial charge in [-0.1, -0.05) is 37.3 Å². The maximum Gasteiger partial charge on any atom is 0.325 e. The Morgan fingerprint density at radius 3 is 2.40 bits per heavy atom. The molecule has 0 aromatic heterocycles. The Morgan fingerprint density at radius 2 is 1.77 bits per heavy atom. The lowest BCUT2D eigenvalue weighted by molar-refractivity contribution is -0.152. The van der Waals surface area contributed by atoms with Crippen LogP contribution in [0, 0.1) is 0 Å². The number of carbonyl (C=O) groups is 2. The molecule has 1 saturated carbocycles. The fourth-order valence-corrected chi connectivity index (χ4v) is 5.68. The van der Waals surface area contributed by atoms with Gasteiger partial charge in [0.15, 0.2) is 6.61 Å². The number of benzene rings is 1. The Bertz CT molecular complexity index is 853. The van der Waals surface area contributed by atoms with Crippen LogP contribution in [0.2, 0.25) is 5.02 Å². The van der Waals surface area contributed by atoms with Crippen molar-refractivity contribution in [1.82, 2.24) is 9.62 Å². The molecule has 1 aromatic rings. The van der Waals surface area contributed by atoms with Gasteiger partial charge in [-0.3, -0.25) is 9.59 Å². The first-order valence-corrected chi connectivity index (χ1v) is 12.0. The number of sulfonamides is 1. The molecule has 1 saturated heterocycles. The van der Waals surface area contributed by atoms with Crippen LogP contribution in [0.25, 0.3) is 0 Å². The maximum atomic E-state index is 12.9. The smallest absolute Gasteiger partial charge is 0.325 e. The molecule has 166 valence electrons. The topological polar surface area (TPSA) is 113 Å². The standard InChI is InChI=1S/C20H27ClN2O6S/c21-14-7-9-17(10-8-14)30(27,28)23-12-16(24)11-18(23)20(26)29-13-19(25)22-15-5-3-1-2-4-6-15/h7-10,15-16,18,24H,1-6,11-13H2,(H,22,25)/t16-,18-/m0/s1. The first kappa shape index (κ1) is 23.0. The van der Waals surface area contributed by atoms with Crippen LogP contribution in [0.15, 0.2) is 29.2 Å². The Kier molecular flexibility index (Phi) is 7.73. The number of ether oxygens (including phenoxy) is 1. The van der Waals surface area contributed by atoms with Crippen LogP contribution in [0.4, 0.5) is 0 Å². The lowest BCUT2D eigenvalue weighted by atomic mass is 10.1. The molecule has 30 heavy (non-hydrogen) atoms. The van der Waals surface area contributed by atoms with Crippen molar-refractivity contribution in [1.29, 1.82) is 0 Å². The number of rotatable bonds is 6. The first-order valence-electron chi connectivity index (χ1n) is 10.2. The summed E-state index contributed by atoms with van der Waals surface area (Å²) in [6.45, 7) is -0.699. The molecule has 0 radical (unpaired) electrons. The highest BCUT2D eigenvalue weighted by atomic mass is 35.5. The molecule has 1 aromatic carbocycles. The van der Waals surface area contributed by atoms with Crippen molar-refractivity contribution in [3.8, 4) is 0 Å². The van der Waals surface area contributed by atoms with Gasteiger partial charge in [-0.05, 0) is 37.1 Å². The van der Waals surface area contributed by atoms with Gasteiger partial charge in [0.2, 0.25) is 10.0 Å². The fraction of sp³-hybridized carbons (Fsp3) is 0.600. The van der Waals surface area contributed by atoms with Crippen molar-refractivity contribution in [2.75, 3.05) is 13.2 Å². The third-order valence-corrected chi connectivity index (χ3v) is 7.63. The molecule has 2 fully saturated rings. The minimum atomic E-state index is -4.03. The number of hydrogen-bond acceptors (Lipinski definition) is 6. The second-order valence-corrected chi connectivity index (χ2v) is 10.1. The largest absolute Gasteiger partial charge is 0.454 e. The lowest BCUT2D eigenvalue weighted by Crippen LogP contribution is -2.43. The fourth-order valence-electron chi connectivity index (χ4n) is 3.93. The van der Waals surface area contributed by atoms with Crippen molar-refractivity contribution < 1.29 is 27.9 Å². The molecule has 1 aliphatic heterocycles. The number of esters is 1. The molecule has 3 rings (SSSR count). The number of carbonyl (C=O) groups excluding carboxylic acids is 2. The SMILES string of the molecule is O=C(COC(=O)[C@@H]1C[C@H](O)CN1S(=O)(=O)c1ccc(Cl)cc1)NC1CCCCCC1. The van der Waals surface area contributed by atoms with Crippen molar-refractivity contribution in [2.24, 2.45) is 0 Å². The van der Waals surface area contributed by atoms with Gasteiger partial charge in [-0.15, -0.1) is 0 Å². The second kappa shape index (κ2) is 10.1. The molecule has 0 unspecified atom stereocenters. The summed E-state index contributed by atoms with van der Waals surface area (Å²) in [7, 11) is -4.03. The van der Waals surface area contributed by atoms with E-state index in [1.165, 1.54) is 24.3 Å². The Morgan fingerprint density at radius 1 is 1.13 bits per heavy atom. The van der Waals surface area contributed by atoms with E-state index in [0.29, 0.717) is 5.02 Å². The predicted octanol–water partition coefficient (Wildman–Crippen LogP) is 1.85. The van der Waals surface area contributed by atoms with Crippen LogP contribution in [0.1, 0.15) is 44.9 Å². The number of nitrogens with zero attached hydrogens (tertiary/aromatic N) is 1. The number of aliphatic hydroxyl groups excluding tert-OH is 1. The van der Waals surface area contributed by atoms with Crippen molar-refractivity contribution in [3.63, 3.8) is 0 Å². The Hall–Kier alpha value is -1.68. The molecule has 8 nitrogen and oxygen atoms in total. The molecule has 1 heterocycles. The van der Waals surface area contributed by atoms with Crippen LogP contribution in [-0.4, -0.2) is 61.0 Å². The zero-order valence-electron chi connectivity index (χ0n) is 16.6. The summed E-state index contributed by atoms with van der Waals surface area (Å²) < 4.78 is 31.9. The van der Waals surface area contributed by atoms with Crippen LogP contribution in [0.3, 0.4) is 0 Å². The van der Waals surface area contributed by atoms with Gasteiger partial charge >= 0.3 is 5.97 Å². The van der Waals surface area contributed by atoms with E-state index in [-0.39, 0.29) is 23.9 Å². The number of nitrogens with one attached hydrogen (secondary N) is 1. The maximum absolute atomic E-state index is 12.9. The van der Waals surface area contributed by atoms with Crippen molar-refractivity contribution >= 4 is 33.5 Å². The van der Waals surface area contributed by atoms with Gasteiger partial charge in [-0.25, -0.2) is 8.42 Å². The second-order valence-electron chi connectivity index (χ2n) is 7.80. The Labute approximate surface area is 181 Å². The summed E-state index contributed by atoms with van der Waals surface area (Å²) in [6, 6.07) is 4.44. The number of hydrogen-bond donors (Lipinski definition) is 2. The minimum absolute atomic E-state index is 0.0371. The number of β-amino-alcohol motifs (C(OH)–C–C–N with tert-alkyl or cyclic N) is 1. The zero-order chi connectivity index (χ0) is 21.7.